The van der Waals surface area contributed by atoms with Crippen molar-refractivity contribution in [1.29, 1.82) is 0 Å². The number of nitrogens with zero attached hydrogens (tertiary/aromatic N) is 1. The van der Waals surface area contributed by atoms with E-state index in [1.807, 2.05) is 0 Å². The Kier molecular flexibility index (Phi) is 7.20. The molecule has 3 nitrogen and oxygen atoms in total. The van der Waals surface area contributed by atoms with Crippen LogP contribution in [0.15, 0.2) is 24.3 Å². The quantitative estimate of drug-likeness (QED) is 0.751. The van der Waals surface area contributed by atoms with Crippen molar-refractivity contribution in [2.45, 2.75) is 47.1 Å². The van der Waals surface area contributed by atoms with E-state index < -0.39 is 0 Å². The van der Waals surface area contributed by atoms with Crippen LogP contribution in [0, 0.1) is 5.41 Å². The van der Waals surface area contributed by atoms with E-state index in [0.717, 1.165) is 31.9 Å². The Labute approximate surface area is 130 Å². The molecule has 0 spiro atoms. The van der Waals surface area contributed by atoms with E-state index in [1.165, 1.54) is 5.56 Å². The third-order valence-electron chi connectivity index (χ3n) is 3.97. The van der Waals surface area contributed by atoms with E-state index >= 15 is 0 Å². The Balaban J connectivity index is 2.73. The molecular formula is C18H32N2O. The van der Waals surface area contributed by atoms with Gasteiger partial charge in [-0.2, -0.15) is 0 Å². The first kappa shape index (κ1) is 18.0. The second-order valence-corrected chi connectivity index (χ2v) is 6.52. The maximum Gasteiger partial charge on any atom is 0.119 e. The van der Waals surface area contributed by atoms with Crippen molar-refractivity contribution in [3.05, 3.63) is 29.8 Å². The first-order chi connectivity index (χ1) is 9.93. The summed E-state index contributed by atoms with van der Waals surface area (Å²) >= 11 is 0. The molecule has 1 atom stereocenters. The smallest absolute Gasteiger partial charge is 0.119 e. The lowest BCUT2D eigenvalue weighted by molar-refractivity contribution is 0.148. The average molecular weight is 292 g/mol. The van der Waals surface area contributed by atoms with Crippen molar-refractivity contribution in [1.82, 2.24) is 4.90 Å². The van der Waals surface area contributed by atoms with Gasteiger partial charge in [0.2, 0.25) is 0 Å². The molecule has 3 heteroatoms. The molecule has 0 saturated heterocycles. The van der Waals surface area contributed by atoms with Crippen molar-refractivity contribution in [2.24, 2.45) is 11.1 Å². The van der Waals surface area contributed by atoms with Crippen LogP contribution in [0.4, 0.5) is 0 Å². The summed E-state index contributed by atoms with van der Waals surface area (Å²) in [5, 5.41) is 0. The van der Waals surface area contributed by atoms with E-state index in [2.05, 4.69) is 63.8 Å². The minimum absolute atomic E-state index is 0.147. The van der Waals surface area contributed by atoms with E-state index in [9.17, 15) is 0 Å². The molecule has 120 valence electrons. The maximum atomic E-state index is 5.87. The van der Waals surface area contributed by atoms with Crippen LogP contribution in [0.2, 0.25) is 0 Å². The van der Waals surface area contributed by atoms with Gasteiger partial charge in [-0.3, -0.25) is 4.90 Å². The van der Waals surface area contributed by atoms with Gasteiger partial charge in [0.1, 0.15) is 5.75 Å². The van der Waals surface area contributed by atoms with Gasteiger partial charge in [0, 0.05) is 12.6 Å². The summed E-state index contributed by atoms with van der Waals surface area (Å²) in [5.41, 5.74) is 7.35. The monoisotopic (exact) mass is 292 g/mol. The van der Waals surface area contributed by atoms with Crippen LogP contribution in [0.25, 0.3) is 0 Å². The molecule has 0 saturated carbocycles. The second kappa shape index (κ2) is 8.40. The van der Waals surface area contributed by atoms with Gasteiger partial charge in [-0.15, -0.1) is 0 Å². The van der Waals surface area contributed by atoms with Crippen LogP contribution in [0.3, 0.4) is 0 Å². The fourth-order valence-corrected chi connectivity index (χ4v) is 2.41. The topological polar surface area (TPSA) is 38.5 Å². The molecule has 21 heavy (non-hydrogen) atoms. The van der Waals surface area contributed by atoms with Crippen molar-refractivity contribution >= 4 is 0 Å². The number of nitrogens with two attached hydrogens (primary N) is 1. The highest BCUT2D eigenvalue weighted by molar-refractivity contribution is 5.29. The second-order valence-electron chi connectivity index (χ2n) is 6.52. The SMILES string of the molecule is CCCOc1ccc(C(C)N(CC)CC(C)(C)CN)cc1. The maximum absolute atomic E-state index is 5.87. The molecule has 0 aliphatic heterocycles. The van der Waals surface area contributed by atoms with Crippen molar-refractivity contribution in [2.75, 3.05) is 26.2 Å². The minimum Gasteiger partial charge on any atom is -0.494 e. The lowest BCUT2D eigenvalue weighted by atomic mass is 9.92. The Morgan fingerprint density at radius 3 is 2.29 bits per heavy atom. The highest BCUT2D eigenvalue weighted by Gasteiger charge is 2.23. The molecule has 0 aromatic heterocycles. The Hall–Kier alpha value is -1.06. The predicted octanol–water partition coefficient (Wildman–Crippen LogP) is 3.84. The molecule has 0 aliphatic rings. The highest BCUT2D eigenvalue weighted by Crippen LogP contribution is 2.26. The van der Waals surface area contributed by atoms with Gasteiger partial charge in [-0.05, 0) is 49.5 Å². The molecule has 0 fully saturated rings. The summed E-state index contributed by atoms with van der Waals surface area (Å²) in [6.45, 7) is 14.6. The van der Waals surface area contributed by atoms with Gasteiger partial charge in [-0.25, -0.2) is 0 Å². The molecule has 0 heterocycles. The molecule has 1 aromatic rings. The summed E-state index contributed by atoms with van der Waals surface area (Å²) < 4.78 is 5.64. The number of rotatable bonds is 9. The summed E-state index contributed by atoms with van der Waals surface area (Å²) in [5.74, 6) is 0.957. The van der Waals surface area contributed by atoms with Crippen LogP contribution in [0.5, 0.6) is 5.75 Å². The zero-order valence-corrected chi connectivity index (χ0v) is 14.4. The van der Waals surface area contributed by atoms with Crippen molar-refractivity contribution < 1.29 is 4.74 Å². The Morgan fingerprint density at radius 2 is 1.81 bits per heavy atom. The molecule has 0 radical (unpaired) electrons. The van der Waals surface area contributed by atoms with E-state index in [-0.39, 0.29) is 5.41 Å². The average Bonchev–Trinajstić information content (AvgIpc) is 2.50. The highest BCUT2D eigenvalue weighted by atomic mass is 16.5. The summed E-state index contributed by atoms with van der Waals surface area (Å²) in [6, 6.07) is 8.88. The molecule has 1 rings (SSSR count). The lowest BCUT2D eigenvalue weighted by Crippen LogP contribution is -2.39. The fraction of sp³-hybridized carbons (Fsp3) is 0.667. The molecule has 1 unspecified atom stereocenters. The van der Waals surface area contributed by atoms with Gasteiger partial charge in [-0.1, -0.05) is 39.8 Å². The molecule has 2 N–H and O–H groups in total. The Bertz CT molecular complexity index is 400. The first-order valence-electron chi connectivity index (χ1n) is 8.10. The zero-order chi connectivity index (χ0) is 15.9. The lowest BCUT2D eigenvalue weighted by Gasteiger charge is -2.35. The fourth-order valence-electron chi connectivity index (χ4n) is 2.41. The molecule has 1 aromatic carbocycles. The molecule has 0 aliphatic carbocycles. The number of ether oxygens (including phenoxy) is 1. The van der Waals surface area contributed by atoms with Gasteiger partial charge in [0.05, 0.1) is 6.61 Å². The van der Waals surface area contributed by atoms with E-state index in [4.69, 9.17) is 10.5 Å². The first-order valence-corrected chi connectivity index (χ1v) is 8.10. The third kappa shape index (κ3) is 5.68. The van der Waals surface area contributed by atoms with Gasteiger partial charge >= 0.3 is 0 Å². The molecule has 0 bridgehead atoms. The van der Waals surface area contributed by atoms with Gasteiger partial charge in [0.15, 0.2) is 0 Å². The van der Waals surface area contributed by atoms with Crippen LogP contribution in [-0.2, 0) is 0 Å². The summed E-state index contributed by atoms with van der Waals surface area (Å²) in [4.78, 5) is 2.48. The summed E-state index contributed by atoms with van der Waals surface area (Å²) in [6.07, 6.45) is 1.04. The van der Waals surface area contributed by atoms with Crippen molar-refractivity contribution in [3.63, 3.8) is 0 Å². The largest absolute Gasteiger partial charge is 0.494 e. The normalized spacial score (nSPS) is 13.5. The number of hydrogen-bond donors (Lipinski definition) is 1. The standard InChI is InChI=1S/C18H32N2O/c1-6-12-21-17-10-8-16(9-11-17)15(3)20(7-2)14-18(4,5)13-19/h8-11,15H,6-7,12-14,19H2,1-5H3. The predicted molar refractivity (Wildman–Crippen MR) is 90.7 cm³/mol. The number of benzene rings is 1. The number of hydrogen-bond acceptors (Lipinski definition) is 3. The van der Waals surface area contributed by atoms with Crippen LogP contribution >= 0.6 is 0 Å². The van der Waals surface area contributed by atoms with Crippen molar-refractivity contribution in [3.8, 4) is 5.75 Å². The van der Waals surface area contributed by atoms with E-state index in [0.29, 0.717) is 12.6 Å². The van der Waals surface area contributed by atoms with Gasteiger partial charge in [0.25, 0.3) is 0 Å². The van der Waals surface area contributed by atoms with Gasteiger partial charge < -0.3 is 10.5 Å². The molecule has 0 amide bonds. The molecular weight excluding hydrogens is 260 g/mol. The third-order valence-corrected chi connectivity index (χ3v) is 3.97. The van der Waals surface area contributed by atoms with Crippen LogP contribution < -0.4 is 10.5 Å². The van der Waals surface area contributed by atoms with Crippen LogP contribution in [0.1, 0.15) is 52.6 Å². The van der Waals surface area contributed by atoms with E-state index in [1.54, 1.807) is 0 Å². The van der Waals surface area contributed by atoms with Crippen LogP contribution in [-0.4, -0.2) is 31.1 Å². The Morgan fingerprint density at radius 1 is 1.19 bits per heavy atom. The summed E-state index contributed by atoms with van der Waals surface area (Å²) in [7, 11) is 0. The zero-order valence-electron chi connectivity index (χ0n) is 14.4. The minimum atomic E-state index is 0.147.